The molecule has 0 aliphatic carbocycles. The number of hydrogen-bond donors (Lipinski definition) is 0. The Morgan fingerprint density at radius 1 is 0.632 bits per heavy atom. The summed E-state index contributed by atoms with van der Waals surface area (Å²) in [6.07, 6.45) is 10.7. The van der Waals surface area contributed by atoms with Crippen LogP contribution in [-0.4, -0.2) is 61.9 Å². The molecule has 0 saturated carbocycles. The van der Waals surface area contributed by atoms with Gasteiger partial charge in [-0.2, -0.15) is 4.58 Å². The lowest BCUT2D eigenvalue weighted by Crippen LogP contribution is -2.30. The van der Waals surface area contributed by atoms with Gasteiger partial charge in [-0.25, -0.2) is 16.8 Å². The largest absolute Gasteiger partial charge is 0.744 e. The molecule has 0 amide bonds. The van der Waals surface area contributed by atoms with Crippen LogP contribution in [0.3, 0.4) is 0 Å². The topological polar surface area (TPSA) is 158 Å². The van der Waals surface area contributed by atoms with E-state index < -0.39 is 41.6 Å². The number of allylic oxidation sites excluding steroid dienone is 6. The van der Waals surface area contributed by atoms with Crippen LogP contribution in [0.25, 0.3) is 10.8 Å². The standard InChI is InChI=1S/C33H39N2O4.C10H8O6S2/c1-30(2)20-16-24-26(38-32(5,6)36-24)18-22(20)34(9)28(30)14-12-11-13-15-29-31(3,4)21-17-25-27(19-23(21)35(29)10)39-33(7,8)37-25;11-17(12,13)9-5-1-3-7-8(9)4-2-6-10(7)18(14,15)16/h11-19H,1-10H3;1-6H,(H,11,12,13)(H,14,15,16)/q+1;/p-2. The van der Waals surface area contributed by atoms with Gasteiger partial charge in [-0.3, -0.25) is 0 Å². The molecule has 0 saturated heterocycles. The highest BCUT2D eigenvalue weighted by molar-refractivity contribution is 7.86. The second kappa shape index (κ2) is 13.2. The first-order chi connectivity index (χ1) is 26.3. The molecule has 14 heteroatoms. The van der Waals surface area contributed by atoms with Crippen molar-refractivity contribution < 1.29 is 49.5 Å². The molecule has 0 unspecified atom stereocenters. The van der Waals surface area contributed by atoms with Crippen LogP contribution in [0.1, 0.15) is 66.5 Å². The molecule has 0 radical (unpaired) electrons. The number of fused-ring (bicyclic) bond motifs is 5. The van der Waals surface area contributed by atoms with Gasteiger partial charge in [0.25, 0.3) is 0 Å². The predicted octanol–water partition coefficient (Wildman–Crippen LogP) is 7.78. The van der Waals surface area contributed by atoms with Crippen molar-refractivity contribution in [1.82, 2.24) is 0 Å². The first-order valence-corrected chi connectivity index (χ1v) is 21.1. The molecule has 8 rings (SSSR count). The Kier molecular flexibility index (Phi) is 9.28. The lowest BCUT2D eigenvalue weighted by molar-refractivity contribution is -0.401. The fourth-order valence-electron chi connectivity index (χ4n) is 8.13. The molecule has 4 aromatic rings. The maximum absolute atomic E-state index is 11.0. The van der Waals surface area contributed by atoms with Crippen molar-refractivity contribution in [2.24, 2.45) is 0 Å². The average molecular weight is 814 g/mol. The lowest BCUT2D eigenvalue weighted by atomic mass is 9.81. The van der Waals surface area contributed by atoms with Crippen LogP contribution in [0.4, 0.5) is 11.4 Å². The van der Waals surface area contributed by atoms with Crippen molar-refractivity contribution in [3.05, 3.63) is 108 Å². The van der Waals surface area contributed by atoms with Crippen molar-refractivity contribution in [3.63, 3.8) is 0 Å². The van der Waals surface area contributed by atoms with E-state index >= 15 is 0 Å². The summed E-state index contributed by atoms with van der Waals surface area (Å²) in [5, 5.41) is -0.158. The summed E-state index contributed by atoms with van der Waals surface area (Å²) in [5.41, 5.74) is 6.92. The van der Waals surface area contributed by atoms with E-state index in [0.29, 0.717) is 0 Å². The van der Waals surface area contributed by atoms with Gasteiger partial charge in [-0.15, -0.1) is 0 Å². The normalized spacial score (nSPS) is 20.1. The molecule has 300 valence electrons. The van der Waals surface area contributed by atoms with Gasteiger partial charge in [-0.05, 0) is 49.8 Å². The summed E-state index contributed by atoms with van der Waals surface area (Å²) >= 11 is 0. The Bertz CT molecular complexity index is 2650. The molecule has 57 heavy (non-hydrogen) atoms. The van der Waals surface area contributed by atoms with Gasteiger partial charge in [0.2, 0.25) is 17.3 Å². The minimum atomic E-state index is -4.74. The van der Waals surface area contributed by atoms with Crippen LogP contribution in [0.2, 0.25) is 0 Å². The molecule has 0 bridgehead atoms. The van der Waals surface area contributed by atoms with Crippen molar-refractivity contribution in [1.29, 1.82) is 0 Å². The molecular weight excluding hydrogens is 769 g/mol. The SMILES string of the molecule is CN1C(=CC=CC=CC2=[N+](C)c3cc4c(cc3C2(C)C)OC(C)(C)O4)C(C)(C)c2cc3c(cc21)OC(C)(C)O3.O=S(=O)([O-])c1cccc2c(S(=O)(=O)[O-])cccc12. The Balaban J connectivity index is 0.000000231. The number of nitrogens with zero attached hydrogens (tertiary/aromatic N) is 2. The summed E-state index contributed by atoms with van der Waals surface area (Å²) < 4.78 is 92.4. The van der Waals surface area contributed by atoms with Crippen molar-refractivity contribution in [2.75, 3.05) is 19.0 Å². The zero-order valence-electron chi connectivity index (χ0n) is 33.5. The minimum Gasteiger partial charge on any atom is -0.744 e. The van der Waals surface area contributed by atoms with Crippen molar-refractivity contribution in [2.45, 2.75) is 87.6 Å². The summed E-state index contributed by atoms with van der Waals surface area (Å²) in [4.78, 5) is 1.15. The maximum Gasteiger partial charge on any atom is 0.246 e. The third-order valence-electron chi connectivity index (χ3n) is 10.7. The zero-order chi connectivity index (χ0) is 41.7. The molecule has 0 atom stereocenters. The number of benzene rings is 4. The van der Waals surface area contributed by atoms with Gasteiger partial charge in [-0.1, -0.05) is 56.3 Å². The highest BCUT2D eigenvalue weighted by Gasteiger charge is 2.46. The molecule has 0 fully saturated rings. The monoisotopic (exact) mass is 813 g/mol. The van der Waals surface area contributed by atoms with Gasteiger partial charge < -0.3 is 33.0 Å². The van der Waals surface area contributed by atoms with E-state index in [0.717, 1.165) is 46.5 Å². The summed E-state index contributed by atoms with van der Waals surface area (Å²) in [5.74, 6) is 1.97. The third-order valence-corrected chi connectivity index (χ3v) is 12.5. The molecule has 12 nitrogen and oxygen atoms in total. The summed E-state index contributed by atoms with van der Waals surface area (Å²) in [6.45, 7) is 16.8. The smallest absolute Gasteiger partial charge is 0.246 e. The Labute approximate surface area is 333 Å². The second-order valence-electron chi connectivity index (χ2n) is 16.4. The minimum absolute atomic E-state index is 0.0792. The molecule has 4 aromatic carbocycles. The Morgan fingerprint density at radius 2 is 1.11 bits per heavy atom. The summed E-state index contributed by atoms with van der Waals surface area (Å²) in [7, 11) is -5.24. The molecule has 4 aliphatic heterocycles. The van der Waals surface area contributed by atoms with Gasteiger partial charge in [0.1, 0.15) is 27.3 Å². The molecule has 0 N–H and O–H groups in total. The van der Waals surface area contributed by atoms with Crippen LogP contribution in [-0.2, 0) is 31.1 Å². The zero-order valence-corrected chi connectivity index (χ0v) is 35.1. The highest BCUT2D eigenvalue weighted by atomic mass is 32.2. The van der Waals surface area contributed by atoms with Gasteiger partial charge in [0.15, 0.2) is 28.7 Å². The molecule has 0 spiro atoms. The van der Waals surface area contributed by atoms with E-state index in [1.165, 1.54) is 46.8 Å². The van der Waals surface area contributed by atoms with Gasteiger partial charge in [0.05, 0.1) is 21.3 Å². The predicted molar refractivity (Wildman–Crippen MR) is 215 cm³/mol. The lowest BCUT2D eigenvalue weighted by Gasteiger charge is -2.23. The van der Waals surface area contributed by atoms with Crippen LogP contribution < -0.4 is 23.8 Å². The maximum atomic E-state index is 11.0. The number of rotatable bonds is 5. The number of hydrogen-bond acceptors (Lipinski definition) is 11. The van der Waals surface area contributed by atoms with Crippen LogP contribution in [0.15, 0.2) is 107 Å². The van der Waals surface area contributed by atoms with E-state index in [-0.39, 0.29) is 21.6 Å². The highest BCUT2D eigenvalue weighted by Crippen LogP contribution is 2.53. The molecule has 4 aliphatic rings. The second-order valence-corrected chi connectivity index (χ2v) is 19.1. The number of anilines is 1. The van der Waals surface area contributed by atoms with Crippen molar-refractivity contribution >= 4 is 48.1 Å². The van der Waals surface area contributed by atoms with Crippen molar-refractivity contribution in [3.8, 4) is 23.0 Å². The van der Waals surface area contributed by atoms with Crippen LogP contribution in [0.5, 0.6) is 23.0 Å². The number of ether oxygens (including phenoxy) is 4. The molecule has 4 heterocycles. The third kappa shape index (κ3) is 7.09. The molecular formula is C43H45N2O10S2-. The van der Waals surface area contributed by atoms with Crippen LogP contribution in [0, 0.1) is 0 Å². The van der Waals surface area contributed by atoms with E-state index in [4.69, 9.17) is 18.9 Å². The van der Waals surface area contributed by atoms with E-state index in [1.807, 2.05) is 27.7 Å². The first-order valence-electron chi connectivity index (χ1n) is 18.3. The Hall–Kier alpha value is -5.15. The number of likely N-dealkylation sites (N-methyl/N-ethyl adjacent to an activating group) is 1. The fraction of sp³-hybridized carbons (Fsp3) is 0.326. The average Bonchev–Trinajstić information content (AvgIpc) is 3.70. The molecule has 0 aromatic heterocycles. The fourth-order valence-corrected chi connectivity index (χ4v) is 9.52. The quantitative estimate of drug-likeness (QED) is 0.110. The van der Waals surface area contributed by atoms with Gasteiger partial charge in [0, 0.05) is 80.0 Å². The Morgan fingerprint density at radius 3 is 1.61 bits per heavy atom. The van der Waals surface area contributed by atoms with Crippen LogP contribution >= 0.6 is 0 Å². The van der Waals surface area contributed by atoms with Gasteiger partial charge >= 0.3 is 0 Å². The van der Waals surface area contributed by atoms with E-state index in [9.17, 15) is 25.9 Å². The first kappa shape index (κ1) is 40.1. The summed E-state index contributed by atoms with van der Waals surface area (Å²) in [6, 6.07) is 15.6. The van der Waals surface area contributed by atoms with E-state index in [1.54, 1.807) is 0 Å². The van der Waals surface area contributed by atoms with E-state index in [2.05, 4.69) is 106 Å².